The summed E-state index contributed by atoms with van der Waals surface area (Å²) < 4.78 is 33.1. The number of hydrogen-bond donors (Lipinski definition) is 1. The lowest BCUT2D eigenvalue weighted by atomic mass is 10.2. The van der Waals surface area contributed by atoms with E-state index in [2.05, 4.69) is 26.7 Å². The Labute approximate surface area is 164 Å². The van der Waals surface area contributed by atoms with Crippen LogP contribution in [0.2, 0.25) is 0 Å². The highest BCUT2D eigenvalue weighted by Crippen LogP contribution is 2.34. The van der Waals surface area contributed by atoms with E-state index >= 15 is 0 Å². The Hall–Kier alpha value is -3.06. The third-order valence-electron chi connectivity index (χ3n) is 4.86. The molecule has 1 aliphatic heterocycles. The molecule has 0 atom stereocenters. The second-order valence-corrected chi connectivity index (χ2v) is 8.32. The molecule has 28 heavy (non-hydrogen) atoms. The maximum Gasteiger partial charge on any atom is 0.263 e. The monoisotopic (exact) mass is 395 g/mol. The van der Waals surface area contributed by atoms with E-state index in [1.54, 1.807) is 38.4 Å². The first-order chi connectivity index (χ1) is 13.5. The number of rotatable bonds is 5. The Morgan fingerprint density at radius 2 is 1.93 bits per heavy atom. The number of para-hydroxylation sites is 1. The molecule has 2 heterocycles. The molecule has 0 bridgehead atoms. The summed E-state index contributed by atoms with van der Waals surface area (Å²) >= 11 is 0. The molecule has 0 amide bonds. The van der Waals surface area contributed by atoms with E-state index in [1.807, 2.05) is 18.2 Å². The Morgan fingerprint density at radius 3 is 2.64 bits per heavy atom. The molecule has 6 nitrogen and oxygen atoms in total. The number of pyridine rings is 1. The molecule has 0 aliphatic carbocycles. The maximum absolute atomic E-state index is 12.7. The predicted molar refractivity (Wildman–Crippen MR) is 110 cm³/mol. The highest BCUT2D eigenvalue weighted by Gasteiger charge is 2.21. The van der Waals surface area contributed by atoms with Crippen LogP contribution in [0.3, 0.4) is 0 Å². The minimum absolute atomic E-state index is 0.202. The van der Waals surface area contributed by atoms with Gasteiger partial charge in [-0.3, -0.25) is 4.72 Å². The fourth-order valence-electron chi connectivity index (χ4n) is 3.46. The Balaban J connectivity index is 1.55. The molecular weight excluding hydrogens is 374 g/mol. The Bertz CT molecular complexity index is 1110. The van der Waals surface area contributed by atoms with Gasteiger partial charge >= 0.3 is 0 Å². The lowest BCUT2D eigenvalue weighted by molar-refractivity contribution is 0.414. The van der Waals surface area contributed by atoms with Crippen LogP contribution in [0.1, 0.15) is 11.1 Å². The first kappa shape index (κ1) is 18.3. The SMILES string of the molecule is COc1ccc(S(=O)(=O)Nc2ccc(N3CCc4ccccc43)cn2)c(C)c1. The van der Waals surface area contributed by atoms with Crippen LogP contribution in [0.15, 0.2) is 65.7 Å². The van der Waals surface area contributed by atoms with Crippen molar-refractivity contribution in [2.45, 2.75) is 18.2 Å². The van der Waals surface area contributed by atoms with Crippen molar-refractivity contribution in [1.29, 1.82) is 0 Å². The van der Waals surface area contributed by atoms with Gasteiger partial charge in [-0.15, -0.1) is 0 Å². The van der Waals surface area contributed by atoms with E-state index in [4.69, 9.17) is 4.74 Å². The van der Waals surface area contributed by atoms with Crippen LogP contribution in [-0.4, -0.2) is 27.1 Å². The van der Waals surface area contributed by atoms with Crippen molar-refractivity contribution in [2.75, 3.05) is 23.3 Å². The zero-order chi connectivity index (χ0) is 19.7. The molecule has 144 valence electrons. The molecule has 1 N–H and O–H groups in total. The molecule has 0 spiro atoms. The van der Waals surface area contributed by atoms with E-state index in [-0.39, 0.29) is 10.7 Å². The van der Waals surface area contributed by atoms with Gasteiger partial charge in [-0.2, -0.15) is 0 Å². The number of hydrogen-bond acceptors (Lipinski definition) is 5. The minimum atomic E-state index is -3.73. The maximum atomic E-state index is 12.7. The molecule has 2 aromatic carbocycles. The molecule has 7 heteroatoms. The summed E-state index contributed by atoms with van der Waals surface area (Å²) in [5.41, 5.74) is 4.03. The number of nitrogens with one attached hydrogen (secondary N) is 1. The molecule has 0 unspecified atom stereocenters. The van der Waals surface area contributed by atoms with E-state index in [1.165, 1.54) is 17.3 Å². The van der Waals surface area contributed by atoms with Gasteiger partial charge in [-0.1, -0.05) is 18.2 Å². The van der Waals surface area contributed by atoms with Gasteiger partial charge in [0.1, 0.15) is 11.6 Å². The molecule has 1 aliphatic rings. The third-order valence-corrected chi connectivity index (χ3v) is 6.37. The lowest BCUT2D eigenvalue weighted by Gasteiger charge is -2.19. The summed E-state index contributed by atoms with van der Waals surface area (Å²) in [6.45, 7) is 2.62. The van der Waals surface area contributed by atoms with Crippen LogP contribution in [0.5, 0.6) is 5.75 Å². The number of fused-ring (bicyclic) bond motifs is 1. The van der Waals surface area contributed by atoms with Gasteiger partial charge < -0.3 is 9.64 Å². The van der Waals surface area contributed by atoms with Gasteiger partial charge in [0, 0.05) is 12.2 Å². The number of aromatic nitrogens is 1. The number of ether oxygens (including phenoxy) is 1. The van der Waals surface area contributed by atoms with Gasteiger partial charge in [-0.05, 0) is 60.9 Å². The molecule has 0 saturated carbocycles. The smallest absolute Gasteiger partial charge is 0.263 e. The van der Waals surface area contributed by atoms with E-state index < -0.39 is 10.0 Å². The zero-order valence-electron chi connectivity index (χ0n) is 15.7. The molecule has 4 rings (SSSR count). The third kappa shape index (κ3) is 3.41. The van der Waals surface area contributed by atoms with Crippen molar-refractivity contribution in [1.82, 2.24) is 4.98 Å². The van der Waals surface area contributed by atoms with E-state index in [0.29, 0.717) is 11.3 Å². The number of methoxy groups -OCH3 is 1. The fourth-order valence-corrected chi connectivity index (χ4v) is 4.69. The van der Waals surface area contributed by atoms with Crippen molar-refractivity contribution in [2.24, 2.45) is 0 Å². The van der Waals surface area contributed by atoms with Crippen LogP contribution in [-0.2, 0) is 16.4 Å². The van der Waals surface area contributed by atoms with E-state index in [0.717, 1.165) is 18.7 Å². The second kappa shape index (κ2) is 7.16. The summed E-state index contributed by atoms with van der Waals surface area (Å²) in [6, 6.07) is 16.7. The molecule has 0 saturated heterocycles. The van der Waals surface area contributed by atoms with Crippen molar-refractivity contribution in [3.63, 3.8) is 0 Å². The van der Waals surface area contributed by atoms with Crippen LogP contribution in [0.4, 0.5) is 17.2 Å². The normalized spacial score (nSPS) is 13.3. The first-order valence-electron chi connectivity index (χ1n) is 8.97. The minimum Gasteiger partial charge on any atom is -0.497 e. The topological polar surface area (TPSA) is 71.5 Å². The molecule has 3 aromatic rings. The zero-order valence-corrected chi connectivity index (χ0v) is 16.5. The molecular formula is C21H21N3O3S. The molecule has 1 aromatic heterocycles. The van der Waals surface area contributed by atoms with Gasteiger partial charge in [0.2, 0.25) is 0 Å². The van der Waals surface area contributed by atoms with Crippen molar-refractivity contribution in [3.8, 4) is 5.75 Å². The van der Waals surface area contributed by atoms with Crippen LogP contribution in [0, 0.1) is 6.92 Å². The summed E-state index contributed by atoms with van der Waals surface area (Å²) in [4.78, 5) is 6.70. The van der Waals surface area contributed by atoms with Crippen LogP contribution < -0.4 is 14.4 Å². The fraction of sp³-hybridized carbons (Fsp3) is 0.190. The van der Waals surface area contributed by atoms with Crippen molar-refractivity contribution < 1.29 is 13.2 Å². The van der Waals surface area contributed by atoms with Crippen LogP contribution in [0.25, 0.3) is 0 Å². The largest absolute Gasteiger partial charge is 0.497 e. The average Bonchev–Trinajstić information content (AvgIpc) is 3.12. The number of nitrogens with zero attached hydrogens (tertiary/aromatic N) is 2. The summed E-state index contributed by atoms with van der Waals surface area (Å²) in [6.07, 6.45) is 2.68. The summed E-state index contributed by atoms with van der Waals surface area (Å²) in [7, 11) is -2.18. The van der Waals surface area contributed by atoms with Crippen molar-refractivity contribution in [3.05, 3.63) is 71.9 Å². The lowest BCUT2D eigenvalue weighted by Crippen LogP contribution is -2.16. The van der Waals surface area contributed by atoms with Gasteiger partial charge in [-0.25, -0.2) is 13.4 Å². The second-order valence-electron chi connectivity index (χ2n) is 6.67. The predicted octanol–water partition coefficient (Wildman–Crippen LogP) is 3.89. The van der Waals surface area contributed by atoms with Crippen LogP contribution >= 0.6 is 0 Å². The highest BCUT2D eigenvalue weighted by molar-refractivity contribution is 7.92. The molecule has 0 radical (unpaired) electrons. The van der Waals surface area contributed by atoms with Crippen molar-refractivity contribution >= 4 is 27.2 Å². The number of aryl methyl sites for hydroxylation is 1. The van der Waals surface area contributed by atoms with Gasteiger partial charge in [0.05, 0.1) is 23.9 Å². The number of sulfonamides is 1. The average molecular weight is 395 g/mol. The Morgan fingerprint density at radius 1 is 1.11 bits per heavy atom. The van der Waals surface area contributed by atoms with Gasteiger partial charge in [0.25, 0.3) is 10.0 Å². The first-order valence-corrected chi connectivity index (χ1v) is 10.5. The quantitative estimate of drug-likeness (QED) is 0.710. The number of anilines is 3. The summed E-state index contributed by atoms with van der Waals surface area (Å²) in [5, 5.41) is 0. The van der Waals surface area contributed by atoms with E-state index in [9.17, 15) is 8.42 Å². The standard InChI is InChI=1S/C21H21N3O3S/c1-15-13-18(27-2)8-9-20(15)28(25,26)23-21-10-7-17(14-22-21)24-12-11-16-5-3-4-6-19(16)24/h3-10,13-14H,11-12H2,1-2H3,(H,22,23). The highest BCUT2D eigenvalue weighted by atomic mass is 32.2. The Kier molecular flexibility index (Phi) is 4.68. The van der Waals surface area contributed by atoms with Gasteiger partial charge in [0.15, 0.2) is 0 Å². The number of benzene rings is 2. The summed E-state index contributed by atoms with van der Waals surface area (Å²) in [5.74, 6) is 0.899. The molecule has 0 fully saturated rings.